The Balaban J connectivity index is 2.31. The third-order valence-electron chi connectivity index (χ3n) is 2.84. The van der Waals surface area contributed by atoms with E-state index in [1.165, 1.54) is 24.3 Å². The second-order valence-electron chi connectivity index (χ2n) is 4.39. The molecule has 5 nitrogen and oxygen atoms in total. The number of sulfonamides is 1. The van der Waals surface area contributed by atoms with E-state index >= 15 is 0 Å². The molecule has 21 heavy (non-hydrogen) atoms. The molecule has 0 radical (unpaired) electrons. The van der Waals surface area contributed by atoms with E-state index in [0.29, 0.717) is 5.69 Å². The number of hydrogen-bond donors (Lipinski definition) is 2. The van der Waals surface area contributed by atoms with E-state index in [4.69, 9.17) is 5.11 Å². The summed E-state index contributed by atoms with van der Waals surface area (Å²) in [6, 6.07) is 10.2. The highest BCUT2D eigenvalue weighted by atomic mass is 79.9. The Kier molecular flexibility index (Phi) is 4.34. The molecule has 7 heteroatoms. The lowest BCUT2D eigenvalue weighted by molar-refractivity contribution is 0.0697. The van der Waals surface area contributed by atoms with Gasteiger partial charge in [-0.1, -0.05) is 15.9 Å². The first-order valence-electron chi connectivity index (χ1n) is 5.92. The molecule has 0 saturated heterocycles. The lowest BCUT2D eigenvalue weighted by atomic mass is 10.2. The van der Waals surface area contributed by atoms with Crippen LogP contribution in [0.5, 0.6) is 0 Å². The van der Waals surface area contributed by atoms with Crippen LogP contribution in [0.15, 0.2) is 51.8 Å². The highest BCUT2D eigenvalue weighted by molar-refractivity contribution is 9.10. The van der Waals surface area contributed by atoms with E-state index in [2.05, 4.69) is 20.7 Å². The smallest absolute Gasteiger partial charge is 0.335 e. The van der Waals surface area contributed by atoms with Crippen LogP contribution in [-0.2, 0) is 10.0 Å². The van der Waals surface area contributed by atoms with Gasteiger partial charge in [-0.15, -0.1) is 0 Å². The summed E-state index contributed by atoms with van der Waals surface area (Å²) in [7, 11) is -3.75. The molecule has 110 valence electrons. The minimum Gasteiger partial charge on any atom is -0.478 e. The van der Waals surface area contributed by atoms with Crippen LogP contribution in [-0.4, -0.2) is 19.5 Å². The van der Waals surface area contributed by atoms with Crippen LogP contribution in [0.3, 0.4) is 0 Å². The fraction of sp³-hybridized carbons (Fsp3) is 0.0714. The largest absolute Gasteiger partial charge is 0.478 e. The van der Waals surface area contributed by atoms with E-state index in [1.54, 1.807) is 25.1 Å². The van der Waals surface area contributed by atoms with Crippen molar-refractivity contribution in [3.05, 3.63) is 58.1 Å². The number of carboxylic acids is 1. The molecule has 2 aromatic carbocycles. The summed E-state index contributed by atoms with van der Waals surface area (Å²) in [6.07, 6.45) is 0. The number of carbonyl (C=O) groups is 1. The third-order valence-corrected chi connectivity index (χ3v) is 4.72. The molecular weight excluding hydrogens is 358 g/mol. The average molecular weight is 370 g/mol. The predicted octanol–water partition coefficient (Wildman–Crippen LogP) is 3.26. The number of hydrogen-bond acceptors (Lipinski definition) is 3. The Bertz CT molecular complexity index is 785. The summed E-state index contributed by atoms with van der Waals surface area (Å²) >= 11 is 3.31. The molecule has 0 aliphatic carbocycles. The molecule has 0 unspecified atom stereocenters. The number of benzene rings is 2. The van der Waals surface area contributed by atoms with Gasteiger partial charge in [0.25, 0.3) is 10.0 Å². The van der Waals surface area contributed by atoms with Gasteiger partial charge in [0.05, 0.1) is 16.1 Å². The average Bonchev–Trinajstić information content (AvgIpc) is 2.42. The Labute approximate surface area is 130 Å². The number of carboxylic acid groups (broad SMARTS) is 1. The summed E-state index contributed by atoms with van der Waals surface area (Å²) in [6.45, 7) is 1.79. The van der Waals surface area contributed by atoms with E-state index in [1.807, 2.05) is 0 Å². The van der Waals surface area contributed by atoms with Crippen LogP contribution < -0.4 is 4.72 Å². The SMILES string of the molecule is Cc1cc(Br)ccc1NS(=O)(=O)c1ccc(C(=O)O)cc1. The highest BCUT2D eigenvalue weighted by Gasteiger charge is 2.16. The van der Waals surface area contributed by atoms with Crippen molar-refractivity contribution in [1.29, 1.82) is 0 Å². The zero-order valence-corrected chi connectivity index (χ0v) is 13.4. The van der Waals surface area contributed by atoms with Gasteiger partial charge < -0.3 is 5.11 Å². The minimum absolute atomic E-state index is 0.00909. The van der Waals surface area contributed by atoms with Crippen molar-refractivity contribution >= 4 is 37.6 Å². The molecule has 0 amide bonds. The monoisotopic (exact) mass is 369 g/mol. The lowest BCUT2D eigenvalue weighted by Gasteiger charge is -2.11. The molecule has 0 atom stereocenters. The Morgan fingerprint density at radius 3 is 2.29 bits per heavy atom. The lowest BCUT2D eigenvalue weighted by Crippen LogP contribution is -2.14. The van der Waals surface area contributed by atoms with E-state index in [-0.39, 0.29) is 10.5 Å². The highest BCUT2D eigenvalue weighted by Crippen LogP contribution is 2.23. The van der Waals surface area contributed by atoms with Crippen molar-refractivity contribution in [3.63, 3.8) is 0 Å². The van der Waals surface area contributed by atoms with Gasteiger partial charge in [-0.05, 0) is 55.0 Å². The van der Waals surface area contributed by atoms with Crippen molar-refractivity contribution in [2.75, 3.05) is 4.72 Å². The fourth-order valence-electron chi connectivity index (χ4n) is 1.72. The second kappa shape index (κ2) is 5.87. The Hall–Kier alpha value is -1.86. The summed E-state index contributed by atoms with van der Waals surface area (Å²) in [5.41, 5.74) is 1.28. The van der Waals surface area contributed by atoms with Gasteiger partial charge in [-0.3, -0.25) is 4.72 Å². The van der Waals surface area contributed by atoms with Gasteiger partial charge in [0.1, 0.15) is 0 Å². The van der Waals surface area contributed by atoms with Crippen molar-refractivity contribution < 1.29 is 18.3 Å². The summed E-state index contributed by atoms with van der Waals surface area (Å²) < 4.78 is 27.8. The molecule has 0 aliphatic heterocycles. The number of rotatable bonds is 4. The Morgan fingerprint density at radius 2 is 1.76 bits per heavy atom. The van der Waals surface area contributed by atoms with E-state index in [9.17, 15) is 13.2 Å². The van der Waals surface area contributed by atoms with Crippen LogP contribution in [0.25, 0.3) is 0 Å². The van der Waals surface area contributed by atoms with Gasteiger partial charge in [-0.25, -0.2) is 13.2 Å². The summed E-state index contributed by atoms with van der Waals surface area (Å²) in [5, 5.41) is 8.81. The van der Waals surface area contributed by atoms with E-state index in [0.717, 1.165) is 10.0 Å². The predicted molar refractivity (Wildman–Crippen MR) is 83.1 cm³/mol. The van der Waals surface area contributed by atoms with Crippen LogP contribution in [0.2, 0.25) is 0 Å². The zero-order chi connectivity index (χ0) is 15.6. The van der Waals surface area contributed by atoms with E-state index < -0.39 is 16.0 Å². The normalized spacial score (nSPS) is 11.1. The van der Waals surface area contributed by atoms with Crippen molar-refractivity contribution in [2.45, 2.75) is 11.8 Å². The van der Waals surface area contributed by atoms with Crippen LogP contribution in [0.4, 0.5) is 5.69 Å². The third kappa shape index (κ3) is 3.62. The van der Waals surface area contributed by atoms with Gasteiger partial charge in [0.15, 0.2) is 0 Å². The number of anilines is 1. The maximum Gasteiger partial charge on any atom is 0.335 e. The minimum atomic E-state index is -3.75. The number of nitrogens with one attached hydrogen (secondary N) is 1. The molecule has 2 rings (SSSR count). The molecule has 0 heterocycles. The maximum atomic E-state index is 12.2. The maximum absolute atomic E-state index is 12.2. The van der Waals surface area contributed by atoms with Gasteiger partial charge in [0, 0.05) is 4.47 Å². The molecule has 0 saturated carbocycles. The second-order valence-corrected chi connectivity index (χ2v) is 6.99. The first-order valence-corrected chi connectivity index (χ1v) is 8.19. The fourth-order valence-corrected chi connectivity index (χ4v) is 3.33. The summed E-state index contributed by atoms with van der Waals surface area (Å²) in [4.78, 5) is 10.8. The first-order chi connectivity index (χ1) is 9.79. The molecule has 0 spiro atoms. The quantitative estimate of drug-likeness (QED) is 0.866. The first kappa shape index (κ1) is 15.5. The van der Waals surface area contributed by atoms with Gasteiger partial charge in [0.2, 0.25) is 0 Å². The summed E-state index contributed by atoms with van der Waals surface area (Å²) in [5.74, 6) is -1.10. The number of aryl methyl sites for hydroxylation is 1. The number of aromatic carboxylic acids is 1. The van der Waals surface area contributed by atoms with Crippen LogP contribution in [0.1, 0.15) is 15.9 Å². The molecule has 0 bridgehead atoms. The van der Waals surface area contributed by atoms with Crippen molar-refractivity contribution in [3.8, 4) is 0 Å². The zero-order valence-electron chi connectivity index (χ0n) is 11.0. The number of halogens is 1. The molecule has 0 aromatic heterocycles. The Morgan fingerprint density at radius 1 is 1.14 bits per heavy atom. The molecule has 0 fully saturated rings. The molecule has 2 aromatic rings. The van der Waals surface area contributed by atoms with Crippen LogP contribution in [0, 0.1) is 6.92 Å². The van der Waals surface area contributed by atoms with Crippen LogP contribution >= 0.6 is 15.9 Å². The van der Waals surface area contributed by atoms with Crippen molar-refractivity contribution in [1.82, 2.24) is 0 Å². The van der Waals surface area contributed by atoms with Crippen molar-refractivity contribution in [2.24, 2.45) is 0 Å². The van der Waals surface area contributed by atoms with Gasteiger partial charge in [-0.2, -0.15) is 0 Å². The molecule has 0 aliphatic rings. The standard InChI is InChI=1S/C14H12BrNO4S/c1-9-8-11(15)4-7-13(9)16-21(19,20)12-5-2-10(3-6-12)14(17)18/h2-8,16H,1H3,(H,17,18). The molecular formula is C14H12BrNO4S. The topological polar surface area (TPSA) is 83.5 Å². The molecule has 2 N–H and O–H groups in total. The van der Waals surface area contributed by atoms with Gasteiger partial charge >= 0.3 is 5.97 Å².